The van der Waals surface area contributed by atoms with Crippen LogP contribution < -0.4 is 5.73 Å². The van der Waals surface area contributed by atoms with E-state index in [0.29, 0.717) is 6.42 Å². The van der Waals surface area contributed by atoms with Crippen LogP contribution in [0.3, 0.4) is 0 Å². The first kappa shape index (κ1) is 17.4. The van der Waals surface area contributed by atoms with E-state index in [2.05, 4.69) is 6.92 Å². The van der Waals surface area contributed by atoms with Crippen LogP contribution in [0.4, 0.5) is 0 Å². The average molecular weight is 256 g/mol. The SMILES string of the molecule is CCCCCCCCCCCC(=O)OCC(C)[NH]. The van der Waals surface area contributed by atoms with Crippen molar-refractivity contribution < 1.29 is 9.53 Å². The molecule has 0 saturated carbocycles. The highest BCUT2D eigenvalue weighted by molar-refractivity contribution is 5.69. The van der Waals surface area contributed by atoms with Crippen LogP contribution in [0.15, 0.2) is 0 Å². The Morgan fingerprint density at radius 2 is 1.50 bits per heavy atom. The molecule has 0 fully saturated rings. The zero-order chi connectivity index (χ0) is 13.6. The van der Waals surface area contributed by atoms with E-state index in [1.165, 1.54) is 44.9 Å². The molecule has 107 valence electrons. The molecule has 3 nitrogen and oxygen atoms in total. The Balaban J connectivity index is 3.12. The largest absolute Gasteiger partial charge is 0.464 e. The molecule has 0 aromatic carbocycles. The molecule has 0 saturated heterocycles. The van der Waals surface area contributed by atoms with E-state index in [0.717, 1.165) is 12.8 Å². The quantitative estimate of drug-likeness (QED) is 0.389. The summed E-state index contributed by atoms with van der Waals surface area (Å²) in [4.78, 5) is 11.2. The maximum Gasteiger partial charge on any atom is 0.305 e. The molecule has 1 radical (unpaired) electrons. The van der Waals surface area contributed by atoms with Crippen LogP contribution in [-0.4, -0.2) is 18.6 Å². The van der Waals surface area contributed by atoms with Crippen molar-refractivity contribution in [3.05, 3.63) is 0 Å². The van der Waals surface area contributed by atoms with E-state index >= 15 is 0 Å². The lowest BCUT2D eigenvalue weighted by molar-refractivity contribution is -0.144. The molecule has 18 heavy (non-hydrogen) atoms. The average Bonchev–Trinajstić information content (AvgIpc) is 2.34. The highest BCUT2D eigenvalue weighted by Crippen LogP contribution is 2.10. The molecule has 3 heteroatoms. The van der Waals surface area contributed by atoms with Gasteiger partial charge in [-0.2, -0.15) is 0 Å². The summed E-state index contributed by atoms with van der Waals surface area (Å²) in [6, 6.07) is -0.308. The van der Waals surface area contributed by atoms with Crippen molar-refractivity contribution in [3.63, 3.8) is 0 Å². The number of hydrogen-bond acceptors (Lipinski definition) is 2. The third-order valence-electron chi connectivity index (χ3n) is 2.98. The number of rotatable bonds is 12. The molecule has 0 aromatic heterocycles. The first-order valence-electron chi connectivity index (χ1n) is 7.53. The molecule has 0 aliphatic carbocycles. The van der Waals surface area contributed by atoms with Crippen LogP contribution in [0.1, 0.15) is 78.1 Å². The van der Waals surface area contributed by atoms with E-state index < -0.39 is 0 Å². The van der Waals surface area contributed by atoms with Crippen molar-refractivity contribution >= 4 is 5.97 Å². The minimum absolute atomic E-state index is 0.142. The van der Waals surface area contributed by atoms with Crippen molar-refractivity contribution in [2.45, 2.75) is 84.1 Å². The summed E-state index contributed by atoms with van der Waals surface area (Å²) in [5, 5.41) is 0. The molecule has 0 aliphatic heterocycles. The Bertz CT molecular complexity index is 193. The van der Waals surface area contributed by atoms with Gasteiger partial charge in [-0.1, -0.05) is 58.3 Å². The number of carbonyl (C=O) groups excluding carboxylic acids is 1. The second kappa shape index (κ2) is 12.9. The molecule has 0 bridgehead atoms. The Morgan fingerprint density at radius 3 is 2.00 bits per heavy atom. The number of carbonyl (C=O) groups is 1. The second-order valence-corrected chi connectivity index (χ2v) is 5.16. The first-order valence-corrected chi connectivity index (χ1v) is 7.53. The highest BCUT2D eigenvalue weighted by Gasteiger charge is 2.04. The van der Waals surface area contributed by atoms with Gasteiger partial charge in [0, 0.05) is 6.42 Å². The summed E-state index contributed by atoms with van der Waals surface area (Å²) in [7, 11) is 0. The zero-order valence-electron chi connectivity index (χ0n) is 12.2. The van der Waals surface area contributed by atoms with Gasteiger partial charge in [-0.15, -0.1) is 0 Å². The van der Waals surface area contributed by atoms with E-state index in [1.807, 2.05) is 0 Å². The molecular formula is C15H30NO2. The Hall–Kier alpha value is -0.570. The standard InChI is InChI=1S/C15H30NO2/c1-3-4-5-6-7-8-9-10-11-12-15(17)18-13-14(2)16/h14,16H,3-13H2,1-2H3. The molecule has 0 rings (SSSR count). The molecule has 0 heterocycles. The van der Waals surface area contributed by atoms with E-state index in [4.69, 9.17) is 10.5 Å². The van der Waals surface area contributed by atoms with Gasteiger partial charge in [-0.05, 0) is 13.3 Å². The minimum Gasteiger partial charge on any atom is -0.464 e. The summed E-state index contributed by atoms with van der Waals surface area (Å²) in [6.45, 7) is 4.20. The van der Waals surface area contributed by atoms with Crippen molar-refractivity contribution in [2.75, 3.05) is 6.61 Å². The first-order chi connectivity index (χ1) is 8.66. The van der Waals surface area contributed by atoms with Crippen molar-refractivity contribution in [1.29, 1.82) is 0 Å². The molecule has 1 N–H and O–H groups in total. The number of ether oxygens (including phenoxy) is 1. The fourth-order valence-corrected chi connectivity index (χ4v) is 1.87. The Labute approximate surface area is 112 Å². The van der Waals surface area contributed by atoms with E-state index in [1.54, 1.807) is 6.92 Å². The molecule has 0 amide bonds. The number of hydrogen-bond donors (Lipinski definition) is 0. The predicted octanol–water partition coefficient (Wildman–Crippen LogP) is 4.12. The Morgan fingerprint density at radius 1 is 1.00 bits per heavy atom. The third-order valence-corrected chi connectivity index (χ3v) is 2.98. The van der Waals surface area contributed by atoms with Crippen molar-refractivity contribution in [2.24, 2.45) is 0 Å². The minimum atomic E-state index is -0.308. The second-order valence-electron chi connectivity index (χ2n) is 5.16. The summed E-state index contributed by atoms with van der Waals surface area (Å²) in [5.41, 5.74) is 7.23. The van der Waals surface area contributed by atoms with Gasteiger partial charge in [0.1, 0.15) is 6.61 Å². The summed E-state index contributed by atoms with van der Waals surface area (Å²) in [6.07, 6.45) is 11.8. The topological polar surface area (TPSA) is 50.1 Å². The van der Waals surface area contributed by atoms with E-state index in [9.17, 15) is 4.79 Å². The summed E-state index contributed by atoms with van der Waals surface area (Å²) in [5.74, 6) is -0.142. The fraction of sp³-hybridized carbons (Fsp3) is 0.933. The number of unbranched alkanes of at least 4 members (excludes halogenated alkanes) is 8. The predicted molar refractivity (Wildman–Crippen MR) is 75.4 cm³/mol. The summed E-state index contributed by atoms with van der Waals surface area (Å²) >= 11 is 0. The maximum absolute atomic E-state index is 11.2. The van der Waals surface area contributed by atoms with Crippen molar-refractivity contribution in [3.8, 4) is 0 Å². The molecule has 1 atom stereocenters. The van der Waals surface area contributed by atoms with Crippen LogP contribution in [0.25, 0.3) is 0 Å². The molecule has 0 spiro atoms. The molecule has 1 unspecified atom stereocenters. The van der Waals surface area contributed by atoms with Gasteiger partial charge in [-0.3, -0.25) is 10.5 Å². The normalized spacial score (nSPS) is 12.4. The van der Waals surface area contributed by atoms with Crippen LogP contribution in [-0.2, 0) is 9.53 Å². The number of nitrogens with one attached hydrogen (secondary N) is 1. The van der Waals surface area contributed by atoms with Gasteiger partial charge < -0.3 is 4.74 Å². The van der Waals surface area contributed by atoms with Crippen LogP contribution in [0, 0.1) is 0 Å². The molecule has 0 aromatic rings. The van der Waals surface area contributed by atoms with Gasteiger partial charge in [0.25, 0.3) is 0 Å². The molecule has 0 aliphatic rings. The lowest BCUT2D eigenvalue weighted by Gasteiger charge is -2.06. The summed E-state index contributed by atoms with van der Waals surface area (Å²) < 4.78 is 4.95. The van der Waals surface area contributed by atoms with Gasteiger partial charge >= 0.3 is 5.97 Å². The number of esters is 1. The fourth-order valence-electron chi connectivity index (χ4n) is 1.87. The third kappa shape index (κ3) is 13.5. The van der Waals surface area contributed by atoms with Gasteiger partial charge in [0.15, 0.2) is 0 Å². The van der Waals surface area contributed by atoms with Gasteiger partial charge in [0.2, 0.25) is 0 Å². The smallest absolute Gasteiger partial charge is 0.305 e. The Kier molecular flexibility index (Phi) is 12.5. The lowest BCUT2D eigenvalue weighted by atomic mass is 10.1. The van der Waals surface area contributed by atoms with Gasteiger partial charge in [-0.25, -0.2) is 0 Å². The monoisotopic (exact) mass is 256 g/mol. The van der Waals surface area contributed by atoms with Gasteiger partial charge in [0.05, 0.1) is 6.04 Å². The van der Waals surface area contributed by atoms with E-state index in [-0.39, 0.29) is 18.6 Å². The van der Waals surface area contributed by atoms with Crippen LogP contribution in [0.2, 0.25) is 0 Å². The maximum atomic E-state index is 11.2. The van der Waals surface area contributed by atoms with Crippen LogP contribution >= 0.6 is 0 Å². The lowest BCUT2D eigenvalue weighted by Crippen LogP contribution is -2.16. The molecular weight excluding hydrogens is 226 g/mol. The van der Waals surface area contributed by atoms with Crippen molar-refractivity contribution in [1.82, 2.24) is 5.73 Å². The van der Waals surface area contributed by atoms with Crippen LogP contribution in [0.5, 0.6) is 0 Å². The highest BCUT2D eigenvalue weighted by atomic mass is 16.5. The zero-order valence-corrected chi connectivity index (χ0v) is 12.2.